The van der Waals surface area contributed by atoms with Crippen LogP contribution in [0.1, 0.15) is 12.8 Å². The number of nitrogens with one attached hydrogen (secondary N) is 1. The molecule has 2 rings (SSSR count). The van der Waals surface area contributed by atoms with Gasteiger partial charge in [0, 0.05) is 12.5 Å². The maximum Gasteiger partial charge on any atom is 0.0705 e. The Balaban J connectivity index is 2.04. The predicted molar refractivity (Wildman–Crippen MR) is 30.5 cm³/mol. The average Bonchev–Trinajstić information content (AvgIpc) is 2.39. The monoisotopic (exact) mass is 113 g/mol. The van der Waals surface area contributed by atoms with Crippen LogP contribution < -0.4 is 5.32 Å². The number of hydrogen-bond acceptors (Lipinski definition) is 2. The minimum Gasteiger partial charge on any atom is -0.389 e. The largest absolute Gasteiger partial charge is 0.389 e. The van der Waals surface area contributed by atoms with Crippen molar-refractivity contribution in [3.05, 3.63) is 0 Å². The smallest absolute Gasteiger partial charge is 0.0705 e. The zero-order chi connectivity index (χ0) is 5.61. The Morgan fingerprint density at radius 1 is 1.62 bits per heavy atom. The molecule has 1 heterocycles. The highest BCUT2D eigenvalue weighted by atomic mass is 16.3. The van der Waals surface area contributed by atoms with Crippen LogP contribution in [0.2, 0.25) is 0 Å². The summed E-state index contributed by atoms with van der Waals surface area (Å²) in [6.45, 7) is 2.05. The first kappa shape index (κ1) is 4.77. The highest BCUT2D eigenvalue weighted by molar-refractivity contribution is 5.06. The quantitative estimate of drug-likeness (QED) is 0.453. The van der Waals surface area contributed by atoms with Crippen molar-refractivity contribution in [3.8, 4) is 0 Å². The van der Waals surface area contributed by atoms with E-state index in [9.17, 15) is 5.11 Å². The summed E-state index contributed by atoms with van der Waals surface area (Å²) in [7, 11) is 0. The maximum atomic E-state index is 9.41. The van der Waals surface area contributed by atoms with E-state index in [0.29, 0.717) is 5.92 Å². The van der Waals surface area contributed by atoms with E-state index in [1.54, 1.807) is 0 Å². The van der Waals surface area contributed by atoms with Crippen molar-refractivity contribution in [2.24, 2.45) is 5.92 Å². The molecule has 0 amide bonds. The van der Waals surface area contributed by atoms with Crippen LogP contribution in [0, 0.1) is 5.92 Å². The Kier molecular flexibility index (Phi) is 0.746. The lowest BCUT2D eigenvalue weighted by atomic mass is 10.1. The Hall–Kier alpha value is -0.0800. The first-order valence-electron chi connectivity index (χ1n) is 3.24. The third kappa shape index (κ3) is 0.501. The van der Waals surface area contributed by atoms with E-state index in [0.717, 1.165) is 25.9 Å². The van der Waals surface area contributed by atoms with Gasteiger partial charge < -0.3 is 10.4 Å². The predicted octanol–water partition coefficient (Wildman–Crippen LogP) is -0.269. The van der Waals surface area contributed by atoms with E-state index >= 15 is 0 Å². The SMILES string of the molecule is O[C@@]12CCNCC1C2. The average molecular weight is 113 g/mol. The summed E-state index contributed by atoms with van der Waals surface area (Å²) >= 11 is 0. The molecule has 2 aliphatic rings. The van der Waals surface area contributed by atoms with Gasteiger partial charge in [-0.3, -0.25) is 0 Å². The van der Waals surface area contributed by atoms with Gasteiger partial charge >= 0.3 is 0 Å². The normalized spacial score (nSPS) is 52.9. The van der Waals surface area contributed by atoms with Gasteiger partial charge in [0.1, 0.15) is 0 Å². The lowest BCUT2D eigenvalue weighted by molar-refractivity contribution is 0.108. The fourth-order valence-corrected chi connectivity index (χ4v) is 1.52. The van der Waals surface area contributed by atoms with E-state index in [1.165, 1.54) is 0 Å². The van der Waals surface area contributed by atoms with Gasteiger partial charge in [-0.05, 0) is 19.4 Å². The van der Waals surface area contributed by atoms with Crippen LogP contribution in [0.15, 0.2) is 0 Å². The van der Waals surface area contributed by atoms with Crippen molar-refractivity contribution in [1.82, 2.24) is 5.32 Å². The summed E-state index contributed by atoms with van der Waals surface area (Å²) in [5.41, 5.74) is -0.217. The van der Waals surface area contributed by atoms with Crippen molar-refractivity contribution in [1.29, 1.82) is 0 Å². The molecule has 0 radical (unpaired) electrons. The van der Waals surface area contributed by atoms with E-state index < -0.39 is 0 Å². The molecule has 2 N–H and O–H groups in total. The molecule has 2 heteroatoms. The van der Waals surface area contributed by atoms with Crippen molar-refractivity contribution >= 4 is 0 Å². The zero-order valence-corrected chi connectivity index (χ0v) is 4.85. The van der Waals surface area contributed by atoms with Gasteiger partial charge in [0.15, 0.2) is 0 Å². The molecule has 46 valence electrons. The molecular formula is C6H11NO. The molecule has 0 bridgehead atoms. The second-order valence-electron chi connectivity index (χ2n) is 2.96. The number of aliphatic hydroxyl groups is 1. The fourth-order valence-electron chi connectivity index (χ4n) is 1.52. The van der Waals surface area contributed by atoms with E-state index in [1.807, 2.05) is 0 Å². The van der Waals surface area contributed by atoms with Gasteiger partial charge in [-0.15, -0.1) is 0 Å². The van der Waals surface area contributed by atoms with Crippen molar-refractivity contribution < 1.29 is 5.11 Å². The molecule has 0 aromatic carbocycles. The number of rotatable bonds is 0. The van der Waals surface area contributed by atoms with Gasteiger partial charge in [-0.2, -0.15) is 0 Å². The number of hydrogen-bond donors (Lipinski definition) is 2. The summed E-state index contributed by atoms with van der Waals surface area (Å²) in [5, 5.41) is 12.6. The van der Waals surface area contributed by atoms with Gasteiger partial charge in [-0.1, -0.05) is 0 Å². The van der Waals surface area contributed by atoms with Gasteiger partial charge in [-0.25, -0.2) is 0 Å². The first-order chi connectivity index (χ1) is 3.81. The summed E-state index contributed by atoms with van der Waals surface area (Å²) in [6, 6.07) is 0. The second kappa shape index (κ2) is 1.25. The highest BCUT2D eigenvalue weighted by Crippen LogP contribution is 2.46. The van der Waals surface area contributed by atoms with Gasteiger partial charge in [0.05, 0.1) is 5.60 Å². The molecule has 1 saturated heterocycles. The number of piperidine rings is 1. The molecule has 0 spiro atoms. The Morgan fingerprint density at radius 3 is 3.00 bits per heavy atom. The zero-order valence-electron chi connectivity index (χ0n) is 4.85. The van der Waals surface area contributed by atoms with Crippen LogP contribution in [0.5, 0.6) is 0 Å². The molecule has 0 aromatic rings. The molecule has 2 atom stereocenters. The van der Waals surface area contributed by atoms with Crippen LogP contribution in [-0.4, -0.2) is 23.8 Å². The molecule has 2 fully saturated rings. The van der Waals surface area contributed by atoms with Crippen LogP contribution in [-0.2, 0) is 0 Å². The standard InChI is InChI=1S/C6H11NO/c8-6-1-2-7-4-5(6)3-6/h5,7-8H,1-4H2/t5?,6-/m1/s1. The molecule has 0 aromatic heterocycles. The minimum atomic E-state index is -0.217. The topological polar surface area (TPSA) is 32.3 Å². The molecule has 1 aliphatic carbocycles. The number of fused-ring (bicyclic) bond motifs is 1. The lowest BCUT2D eigenvalue weighted by Crippen LogP contribution is -2.32. The Bertz CT molecular complexity index is 113. The molecule has 1 aliphatic heterocycles. The maximum absolute atomic E-state index is 9.41. The summed E-state index contributed by atoms with van der Waals surface area (Å²) in [5.74, 6) is 0.594. The highest BCUT2D eigenvalue weighted by Gasteiger charge is 2.53. The summed E-state index contributed by atoms with van der Waals surface area (Å²) in [6.07, 6.45) is 2.01. The van der Waals surface area contributed by atoms with E-state index in [2.05, 4.69) is 5.32 Å². The third-order valence-corrected chi connectivity index (χ3v) is 2.33. The molecule has 2 nitrogen and oxygen atoms in total. The van der Waals surface area contributed by atoms with Gasteiger partial charge in [0.25, 0.3) is 0 Å². The van der Waals surface area contributed by atoms with Crippen molar-refractivity contribution in [3.63, 3.8) is 0 Å². The molecule has 1 saturated carbocycles. The van der Waals surface area contributed by atoms with Crippen LogP contribution >= 0.6 is 0 Å². The fraction of sp³-hybridized carbons (Fsp3) is 1.00. The summed E-state index contributed by atoms with van der Waals surface area (Å²) < 4.78 is 0. The second-order valence-corrected chi connectivity index (χ2v) is 2.96. The van der Waals surface area contributed by atoms with Crippen LogP contribution in [0.4, 0.5) is 0 Å². The minimum absolute atomic E-state index is 0.217. The Labute approximate surface area is 48.9 Å². The van der Waals surface area contributed by atoms with E-state index in [4.69, 9.17) is 0 Å². The first-order valence-corrected chi connectivity index (χ1v) is 3.24. The van der Waals surface area contributed by atoms with E-state index in [-0.39, 0.29) is 5.60 Å². The van der Waals surface area contributed by atoms with Crippen LogP contribution in [0.3, 0.4) is 0 Å². The van der Waals surface area contributed by atoms with Crippen LogP contribution in [0.25, 0.3) is 0 Å². The Morgan fingerprint density at radius 2 is 2.50 bits per heavy atom. The summed E-state index contributed by atoms with van der Waals surface area (Å²) in [4.78, 5) is 0. The lowest BCUT2D eigenvalue weighted by Gasteiger charge is -2.16. The molecular weight excluding hydrogens is 102 g/mol. The molecule has 1 unspecified atom stereocenters. The van der Waals surface area contributed by atoms with Crippen molar-refractivity contribution in [2.45, 2.75) is 18.4 Å². The molecule has 8 heavy (non-hydrogen) atoms. The van der Waals surface area contributed by atoms with Gasteiger partial charge in [0.2, 0.25) is 0 Å². The van der Waals surface area contributed by atoms with Crippen molar-refractivity contribution in [2.75, 3.05) is 13.1 Å². The third-order valence-electron chi connectivity index (χ3n) is 2.33.